The Morgan fingerprint density at radius 2 is 1.89 bits per heavy atom. The summed E-state index contributed by atoms with van der Waals surface area (Å²) in [6, 6.07) is 5.74. The fraction of sp³-hybridized carbons (Fsp3) is 0.520. The molecule has 1 atom stereocenters. The summed E-state index contributed by atoms with van der Waals surface area (Å²) in [7, 11) is 0. The molecule has 0 radical (unpaired) electrons. The number of amides is 2. The van der Waals surface area contributed by atoms with Crippen molar-refractivity contribution in [2.75, 3.05) is 49.6 Å². The van der Waals surface area contributed by atoms with Crippen LogP contribution in [0.25, 0.3) is 0 Å². The number of primary amides is 1. The van der Waals surface area contributed by atoms with Crippen molar-refractivity contribution in [3.8, 4) is 0 Å². The Kier molecular flexibility index (Phi) is 7.23. The molecule has 5 N–H and O–H groups in total. The van der Waals surface area contributed by atoms with Crippen LogP contribution >= 0.6 is 0 Å². The minimum atomic E-state index is -0.633. The van der Waals surface area contributed by atoms with E-state index in [1.54, 1.807) is 11.0 Å². The Morgan fingerprint density at radius 3 is 2.54 bits per heavy atom. The Morgan fingerprint density at radius 1 is 1.14 bits per heavy atom. The van der Waals surface area contributed by atoms with Gasteiger partial charge in [-0.15, -0.1) is 0 Å². The van der Waals surface area contributed by atoms with Crippen LogP contribution in [0, 0.1) is 0 Å². The van der Waals surface area contributed by atoms with Gasteiger partial charge in [0, 0.05) is 49.7 Å². The average Bonchev–Trinajstić information content (AvgIpc) is 2.83. The van der Waals surface area contributed by atoms with E-state index in [9.17, 15) is 9.59 Å². The molecule has 4 rings (SSSR count). The highest BCUT2D eigenvalue weighted by molar-refractivity contribution is 5.99. The highest BCUT2D eigenvalue weighted by Crippen LogP contribution is 2.30. The van der Waals surface area contributed by atoms with E-state index in [2.05, 4.69) is 36.1 Å². The van der Waals surface area contributed by atoms with Crippen molar-refractivity contribution in [1.82, 2.24) is 14.9 Å². The fourth-order valence-corrected chi connectivity index (χ4v) is 4.33. The Balaban J connectivity index is 1.70. The number of hydrogen-bond donors (Lipinski definition) is 3. The molecule has 2 aliphatic heterocycles. The van der Waals surface area contributed by atoms with E-state index in [0.717, 1.165) is 24.9 Å². The predicted molar refractivity (Wildman–Crippen MR) is 135 cm³/mol. The number of piperidine rings is 1. The molecule has 2 amide bonds. The van der Waals surface area contributed by atoms with Crippen molar-refractivity contribution in [2.24, 2.45) is 11.5 Å². The van der Waals surface area contributed by atoms with Gasteiger partial charge in [-0.3, -0.25) is 9.59 Å². The monoisotopic (exact) mass is 481 g/mol. The molecule has 1 aromatic carbocycles. The Hall–Kier alpha value is -3.24. The summed E-state index contributed by atoms with van der Waals surface area (Å²) in [5.41, 5.74) is 13.9. The first-order valence-electron chi connectivity index (χ1n) is 12.1. The SMILES string of the molecule is CC(C)(C)c1cc(Nc2nc(N3CCC[C@H](N)C3)ncc2C(N)=O)cc(C(=O)N2CCOCC2)c1. The number of morpholine rings is 1. The molecule has 3 heterocycles. The molecule has 0 unspecified atom stereocenters. The van der Waals surface area contributed by atoms with Crippen LogP contribution in [0.3, 0.4) is 0 Å². The van der Waals surface area contributed by atoms with E-state index in [0.29, 0.717) is 55.9 Å². The zero-order chi connectivity index (χ0) is 25.2. The second kappa shape index (κ2) is 10.2. The Bertz CT molecular complexity index is 1090. The standard InChI is InChI=1S/C25H35N7O3/c1-25(2,3)17-11-16(23(34)31-7-9-35-10-8-31)12-19(13-17)29-22-20(21(27)33)14-28-24(30-22)32-6-4-5-18(26)15-32/h11-14,18H,4-10,15,26H2,1-3H3,(H2,27,33)(H,28,29,30)/t18-/m0/s1. The van der Waals surface area contributed by atoms with Gasteiger partial charge in [-0.2, -0.15) is 4.98 Å². The van der Waals surface area contributed by atoms with Gasteiger partial charge in [0.05, 0.1) is 13.2 Å². The van der Waals surface area contributed by atoms with Crippen molar-refractivity contribution >= 4 is 29.3 Å². The van der Waals surface area contributed by atoms with E-state index in [1.807, 2.05) is 17.0 Å². The molecule has 0 saturated carbocycles. The lowest BCUT2D eigenvalue weighted by molar-refractivity contribution is 0.0303. The summed E-state index contributed by atoms with van der Waals surface area (Å²) in [5.74, 6) is 0.107. The zero-order valence-electron chi connectivity index (χ0n) is 20.7. The number of aromatic nitrogens is 2. The quantitative estimate of drug-likeness (QED) is 0.589. The number of nitrogens with one attached hydrogen (secondary N) is 1. The smallest absolute Gasteiger partial charge is 0.254 e. The van der Waals surface area contributed by atoms with Crippen molar-refractivity contribution in [2.45, 2.75) is 45.1 Å². The number of carbonyl (C=O) groups excluding carboxylic acids is 2. The maximum atomic E-state index is 13.3. The number of hydrogen-bond acceptors (Lipinski definition) is 8. The minimum absolute atomic E-state index is 0.0525. The molecule has 10 heteroatoms. The van der Waals surface area contributed by atoms with Crippen LogP contribution < -0.4 is 21.7 Å². The van der Waals surface area contributed by atoms with Crippen LogP contribution in [0.4, 0.5) is 17.5 Å². The summed E-state index contributed by atoms with van der Waals surface area (Å²) >= 11 is 0. The van der Waals surface area contributed by atoms with Gasteiger partial charge in [0.2, 0.25) is 5.95 Å². The summed E-state index contributed by atoms with van der Waals surface area (Å²) in [4.78, 5) is 38.3. The second-order valence-electron chi connectivity index (χ2n) is 10.2. The van der Waals surface area contributed by atoms with Crippen molar-refractivity contribution in [1.29, 1.82) is 0 Å². The van der Waals surface area contributed by atoms with Gasteiger partial charge in [0.15, 0.2) is 0 Å². The molecular weight excluding hydrogens is 446 g/mol. The molecule has 2 aliphatic rings. The fourth-order valence-electron chi connectivity index (χ4n) is 4.33. The van der Waals surface area contributed by atoms with Gasteiger partial charge < -0.3 is 31.3 Å². The van der Waals surface area contributed by atoms with Crippen LogP contribution in [-0.2, 0) is 10.2 Å². The highest BCUT2D eigenvalue weighted by atomic mass is 16.5. The number of carbonyl (C=O) groups is 2. The number of rotatable bonds is 5. The van der Waals surface area contributed by atoms with Crippen LogP contribution in [0.1, 0.15) is 59.9 Å². The van der Waals surface area contributed by atoms with Gasteiger partial charge in [-0.1, -0.05) is 20.8 Å². The molecule has 35 heavy (non-hydrogen) atoms. The normalized spacial score (nSPS) is 18.9. The third kappa shape index (κ3) is 5.88. The number of benzene rings is 1. The summed E-state index contributed by atoms with van der Waals surface area (Å²) in [6.07, 6.45) is 3.35. The summed E-state index contributed by atoms with van der Waals surface area (Å²) in [6.45, 7) is 9.88. The van der Waals surface area contributed by atoms with Gasteiger partial charge >= 0.3 is 0 Å². The molecule has 188 valence electrons. The van der Waals surface area contributed by atoms with E-state index in [4.69, 9.17) is 16.2 Å². The van der Waals surface area contributed by atoms with Gasteiger partial charge in [0.1, 0.15) is 11.4 Å². The van der Waals surface area contributed by atoms with Crippen LogP contribution in [0.5, 0.6) is 0 Å². The largest absolute Gasteiger partial charge is 0.378 e. The number of ether oxygens (including phenoxy) is 1. The topological polar surface area (TPSA) is 140 Å². The third-order valence-corrected chi connectivity index (χ3v) is 6.39. The third-order valence-electron chi connectivity index (χ3n) is 6.39. The maximum Gasteiger partial charge on any atom is 0.254 e. The second-order valence-corrected chi connectivity index (χ2v) is 10.2. The molecule has 2 fully saturated rings. The zero-order valence-corrected chi connectivity index (χ0v) is 20.7. The van der Waals surface area contributed by atoms with Crippen LogP contribution in [0.2, 0.25) is 0 Å². The van der Waals surface area contributed by atoms with Crippen LogP contribution in [0.15, 0.2) is 24.4 Å². The lowest BCUT2D eigenvalue weighted by atomic mass is 9.85. The average molecular weight is 482 g/mol. The predicted octanol–water partition coefficient (Wildman–Crippen LogP) is 2.02. The van der Waals surface area contributed by atoms with E-state index in [1.165, 1.54) is 6.20 Å². The minimum Gasteiger partial charge on any atom is -0.378 e. The first-order valence-corrected chi connectivity index (χ1v) is 12.1. The van der Waals surface area contributed by atoms with Crippen LogP contribution in [-0.4, -0.2) is 72.1 Å². The number of nitrogens with zero attached hydrogens (tertiary/aromatic N) is 4. The van der Waals surface area contributed by atoms with Crippen molar-refractivity contribution in [3.63, 3.8) is 0 Å². The summed E-state index contributed by atoms with van der Waals surface area (Å²) < 4.78 is 5.39. The molecule has 0 bridgehead atoms. The Labute approximate surface area is 206 Å². The lowest BCUT2D eigenvalue weighted by Gasteiger charge is -2.31. The summed E-state index contributed by atoms with van der Waals surface area (Å²) in [5, 5.41) is 3.25. The van der Waals surface area contributed by atoms with E-state index < -0.39 is 5.91 Å². The highest BCUT2D eigenvalue weighted by Gasteiger charge is 2.24. The lowest BCUT2D eigenvalue weighted by Crippen LogP contribution is -2.43. The molecule has 10 nitrogen and oxygen atoms in total. The van der Waals surface area contributed by atoms with Gasteiger partial charge in [0.25, 0.3) is 11.8 Å². The molecule has 1 aromatic heterocycles. The van der Waals surface area contributed by atoms with E-state index in [-0.39, 0.29) is 22.9 Å². The van der Waals surface area contributed by atoms with Gasteiger partial charge in [-0.05, 0) is 42.0 Å². The molecule has 2 saturated heterocycles. The van der Waals surface area contributed by atoms with Crippen molar-refractivity contribution in [3.05, 3.63) is 41.1 Å². The van der Waals surface area contributed by atoms with Crippen molar-refractivity contribution < 1.29 is 14.3 Å². The first-order chi connectivity index (χ1) is 16.6. The molecular formula is C25H35N7O3. The number of anilines is 3. The molecule has 0 spiro atoms. The van der Waals surface area contributed by atoms with E-state index >= 15 is 0 Å². The van der Waals surface area contributed by atoms with Gasteiger partial charge in [-0.25, -0.2) is 4.98 Å². The molecule has 2 aromatic rings. The molecule has 0 aliphatic carbocycles. The first kappa shape index (κ1) is 24.9. The number of nitrogens with two attached hydrogens (primary N) is 2. The maximum absolute atomic E-state index is 13.3.